The minimum Gasteiger partial charge on any atom is -0.478 e. The molecule has 0 spiro atoms. The molecule has 2 N–H and O–H groups in total. The number of aromatic amines is 1. The van der Waals surface area contributed by atoms with Crippen LogP contribution in [0.4, 0.5) is 0 Å². The molecule has 1 heterocycles. The number of benzene rings is 1. The number of aromatic nitrogens is 1. The Kier molecular flexibility index (Phi) is 4.63. The zero-order chi connectivity index (χ0) is 14.5. The smallest absolute Gasteiger partial charge is 0.337 e. The van der Waals surface area contributed by atoms with E-state index in [1.165, 1.54) is 18.0 Å². The number of rotatable bonds is 5. The zero-order valence-corrected chi connectivity index (χ0v) is 11.9. The molecule has 1 aromatic carbocycles. The summed E-state index contributed by atoms with van der Waals surface area (Å²) in [5.74, 6) is -0.172. The highest BCUT2D eigenvalue weighted by Gasteiger charge is 2.09. The van der Waals surface area contributed by atoms with Gasteiger partial charge in [0, 0.05) is 29.8 Å². The van der Waals surface area contributed by atoms with E-state index in [9.17, 15) is 9.59 Å². The van der Waals surface area contributed by atoms with E-state index < -0.39 is 5.97 Å². The molecule has 0 radical (unpaired) electrons. The minimum atomic E-state index is -0.935. The van der Waals surface area contributed by atoms with Crippen molar-refractivity contribution in [2.24, 2.45) is 0 Å². The number of fused-ring (bicyclic) bond motifs is 1. The molecule has 0 amide bonds. The van der Waals surface area contributed by atoms with Crippen LogP contribution in [0.2, 0.25) is 0 Å². The molecular formula is C15H15NO3S. The number of thioether (sulfide) groups is 1. The Morgan fingerprint density at radius 2 is 2.20 bits per heavy atom. The van der Waals surface area contributed by atoms with Gasteiger partial charge in [0.15, 0.2) is 5.12 Å². The number of carbonyl (C=O) groups excluding carboxylic acids is 1. The number of H-pyrrole nitrogens is 1. The van der Waals surface area contributed by atoms with E-state index in [-0.39, 0.29) is 10.7 Å². The van der Waals surface area contributed by atoms with Crippen molar-refractivity contribution in [2.75, 3.05) is 5.75 Å². The van der Waals surface area contributed by atoms with E-state index in [0.717, 1.165) is 23.3 Å². The molecular weight excluding hydrogens is 274 g/mol. The monoisotopic (exact) mass is 289 g/mol. The van der Waals surface area contributed by atoms with Crippen molar-refractivity contribution in [1.82, 2.24) is 4.98 Å². The lowest BCUT2D eigenvalue weighted by atomic mass is 10.1. The molecule has 5 heteroatoms. The maximum absolute atomic E-state index is 11.1. The molecule has 0 aliphatic carbocycles. The highest BCUT2D eigenvalue weighted by molar-refractivity contribution is 8.13. The average Bonchev–Trinajstić information content (AvgIpc) is 2.81. The Hall–Kier alpha value is -2.01. The first kappa shape index (κ1) is 14.4. The second-order valence-corrected chi connectivity index (χ2v) is 5.62. The van der Waals surface area contributed by atoms with Gasteiger partial charge in [-0.2, -0.15) is 0 Å². The molecule has 2 aromatic rings. The number of nitrogens with one attached hydrogen (secondary N) is 1. The largest absolute Gasteiger partial charge is 0.478 e. The first-order valence-corrected chi connectivity index (χ1v) is 7.21. The fourth-order valence-corrected chi connectivity index (χ4v) is 2.45. The van der Waals surface area contributed by atoms with E-state index in [1.54, 1.807) is 6.92 Å². The predicted octanol–water partition coefficient (Wildman–Crippen LogP) is 3.55. The van der Waals surface area contributed by atoms with Gasteiger partial charge in [-0.05, 0) is 24.1 Å². The SMILES string of the molecule is CC(=O)SCCC=Cc1ccc2[nH]cc(C(=O)O)c2c1. The Bertz CT molecular complexity index is 673. The molecule has 4 nitrogen and oxygen atoms in total. The van der Waals surface area contributed by atoms with Gasteiger partial charge in [0.25, 0.3) is 0 Å². The van der Waals surface area contributed by atoms with Crippen LogP contribution < -0.4 is 0 Å². The molecule has 0 atom stereocenters. The quantitative estimate of drug-likeness (QED) is 0.826. The van der Waals surface area contributed by atoms with E-state index in [1.807, 2.05) is 30.4 Å². The number of allylic oxidation sites excluding steroid dienone is 1. The van der Waals surface area contributed by atoms with Gasteiger partial charge in [-0.15, -0.1) is 0 Å². The number of aromatic carboxylic acids is 1. The van der Waals surface area contributed by atoms with Crippen molar-refractivity contribution in [2.45, 2.75) is 13.3 Å². The third-order valence-electron chi connectivity index (χ3n) is 2.84. The van der Waals surface area contributed by atoms with Gasteiger partial charge < -0.3 is 10.1 Å². The summed E-state index contributed by atoms with van der Waals surface area (Å²) < 4.78 is 0. The summed E-state index contributed by atoms with van der Waals surface area (Å²) in [7, 11) is 0. The minimum absolute atomic E-state index is 0.123. The van der Waals surface area contributed by atoms with Crippen LogP contribution in [0.15, 0.2) is 30.5 Å². The van der Waals surface area contributed by atoms with Gasteiger partial charge in [-0.25, -0.2) is 4.79 Å². The highest BCUT2D eigenvalue weighted by atomic mass is 32.2. The second-order valence-electron chi connectivity index (χ2n) is 4.34. The van der Waals surface area contributed by atoms with Crippen LogP contribution in [-0.2, 0) is 4.79 Å². The molecule has 20 heavy (non-hydrogen) atoms. The van der Waals surface area contributed by atoms with Crippen LogP contribution >= 0.6 is 11.8 Å². The summed E-state index contributed by atoms with van der Waals surface area (Å²) in [4.78, 5) is 24.8. The summed E-state index contributed by atoms with van der Waals surface area (Å²) in [6.07, 6.45) is 6.24. The Balaban J connectivity index is 2.11. The molecule has 0 unspecified atom stereocenters. The number of hydrogen-bond donors (Lipinski definition) is 2. The van der Waals surface area contributed by atoms with E-state index in [0.29, 0.717) is 5.39 Å². The maximum Gasteiger partial charge on any atom is 0.337 e. The fraction of sp³-hybridized carbons (Fsp3) is 0.200. The van der Waals surface area contributed by atoms with Crippen LogP contribution in [0.5, 0.6) is 0 Å². The van der Waals surface area contributed by atoms with E-state index in [4.69, 9.17) is 5.11 Å². The van der Waals surface area contributed by atoms with Crippen LogP contribution in [0.3, 0.4) is 0 Å². The summed E-state index contributed by atoms with van der Waals surface area (Å²) in [5.41, 5.74) is 2.04. The lowest BCUT2D eigenvalue weighted by Crippen LogP contribution is -1.93. The van der Waals surface area contributed by atoms with Crippen molar-refractivity contribution in [3.05, 3.63) is 41.6 Å². The maximum atomic E-state index is 11.1. The molecule has 104 valence electrons. The van der Waals surface area contributed by atoms with Crippen molar-refractivity contribution < 1.29 is 14.7 Å². The number of carbonyl (C=O) groups is 2. The van der Waals surface area contributed by atoms with Crippen molar-refractivity contribution in [3.8, 4) is 0 Å². The summed E-state index contributed by atoms with van der Waals surface area (Å²) >= 11 is 1.30. The Morgan fingerprint density at radius 1 is 1.40 bits per heavy atom. The third kappa shape index (κ3) is 3.51. The van der Waals surface area contributed by atoms with Crippen LogP contribution in [0, 0.1) is 0 Å². The van der Waals surface area contributed by atoms with E-state index in [2.05, 4.69) is 4.98 Å². The molecule has 0 aliphatic rings. The van der Waals surface area contributed by atoms with Crippen molar-refractivity contribution >= 4 is 39.8 Å². The number of carboxylic acid groups (broad SMARTS) is 1. The molecule has 0 saturated carbocycles. The Morgan fingerprint density at radius 3 is 2.90 bits per heavy atom. The average molecular weight is 289 g/mol. The lowest BCUT2D eigenvalue weighted by molar-refractivity contribution is -0.109. The molecule has 0 saturated heterocycles. The molecule has 1 aromatic heterocycles. The predicted molar refractivity (Wildman–Crippen MR) is 82.0 cm³/mol. The van der Waals surface area contributed by atoms with Gasteiger partial charge in [0.05, 0.1) is 5.56 Å². The topological polar surface area (TPSA) is 70.2 Å². The summed E-state index contributed by atoms with van der Waals surface area (Å²) in [6, 6.07) is 5.65. The molecule has 0 fully saturated rings. The zero-order valence-electron chi connectivity index (χ0n) is 11.1. The van der Waals surface area contributed by atoms with Crippen LogP contribution in [-0.4, -0.2) is 26.9 Å². The first-order valence-electron chi connectivity index (χ1n) is 6.22. The molecule has 2 rings (SSSR count). The third-order valence-corrected chi connectivity index (χ3v) is 3.68. The van der Waals surface area contributed by atoms with E-state index >= 15 is 0 Å². The number of carboxylic acids is 1. The lowest BCUT2D eigenvalue weighted by Gasteiger charge is -1.97. The van der Waals surface area contributed by atoms with Gasteiger partial charge in [-0.1, -0.05) is 30.0 Å². The van der Waals surface area contributed by atoms with Crippen molar-refractivity contribution in [1.29, 1.82) is 0 Å². The van der Waals surface area contributed by atoms with Crippen molar-refractivity contribution in [3.63, 3.8) is 0 Å². The Labute approximate surface area is 120 Å². The second kappa shape index (κ2) is 6.43. The van der Waals surface area contributed by atoms with Gasteiger partial charge >= 0.3 is 5.97 Å². The molecule has 0 aliphatic heterocycles. The van der Waals surface area contributed by atoms with Crippen LogP contribution in [0.25, 0.3) is 17.0 Å². The van der Waals surface area contributed by atoms with Crippen LogP contribution in [0.1, 0.15) is 29.3 Å². The highest BCUT2D eigenvalue weighted by Crippen LogP contribution is 2.20. The summed E-state index contributed by atoms with van der Waals surface area (Å²) in [5, 5.41) is 9.92. The summed E-state index contributed by atoms with van der Waals surface area (Å²) in [6.45, 7) is 1.56. The normalized spacial score (nSPS) is 11.2. The number of hydrogen-bond acceptors (Lipinski definition) is 3. The van der Waals surface area contributed by atoms with Gasteiger partial charge in [0.1, 0.15) is 0 Å². The standard InChI is InChI=1S/C15H15NO3S/c1-10(17)20-7-3-2-4-11-5-6-14-12(8-11)13(9-16-14)15(18)19/h2,4-6,8-9,16H,3,7H2,1H3,(H,18,19). The molecule has 0 bridgehead atoms. The van der Waals surface area contributed by atoms with Gasteiger partial charge in [-0.3, -0.25) is 4.79 Å². The first-order chi connectivity index (χ1) is 9.58. The van der Waals surface area contributed by atoms with Gasteiger partial charge in [0.2, 0.25) is 0 Å². The fourth-order valence-electron chi connectivity index (χ4n) is 1.91.